The van der Waals surface area contributed by atoms with E-state index in [0.717, 1.165) is 15.6 Å². The van der Waals surface area contributed by atoms with Gasteiger partial charge in [-0.1, -0.05) is 33.3 Å². The standard InChI is InChI=1S/C19H18BrN5O3/c20-15-5-3-13(4-6-15)12-28-18-11-24(19(26)27)10-17(18)25-9-16(22-23-25)14-2-1-7-21-8-14/h1-9,17-18H,10-12H2,(H,26,27). The van der Waals surface area contributed by atoms with Gasteiger partial charge < -0.3 is 14.7 Å². The minimum atomic E-state index is -0.965. The molecule has 1 fully saturated rings. The van der Waals surface area contributed by atoms with E-state index < -0.39 is 6.09 Å². The van der Waals surface area contributed by atoms with Crippen LogP contribution in [0.25, 0.3) is 11.3 Å². The van der Waals surface area contributed by atoms with Crippen molar-refractivity contribution in [2.24, 2.45) is 0 Å². The molecule has 2 unspecified atom stereocenters. The number of carbonyl (C=O) groups is 1. The summed E-state index contributed by atoms with van der Waals surface area (Å²) in [5, 5.41) is 17.8. The number of rotatable bonds is 5. The second-order valence-electron chi connectivity index (χ2n) is 6.56. The summed E-state index contributed by atoms with van der Waals surface area (Å²) >= 11 is 3.41. The van der Waals surface area contributed by atoms with Crippen molar-refractivity contribution in [2.45, 2.75) is 18.8 Å². The SMILES string of the molecule is O=C(O)N1CC(OCc2ccc(Br)cc2)C(n2cc(-c3cccnc3)nn2)C1. The van der Waals surface area contributed by atoms with Gasteiger partial charge in [-0.2, -0.15) is 0 Å². The normalized spacial score (nSPS) is 19.1. The maximum absolute atomic E-state index is 11.5. The first-order chi connectivity index (χ1) is 13.6. The van der Waals surface area contributed by atoms with Gasteiger partial charge in [0.25, 0.3) is 0 Å². The summed E-state index contributed by atoms with van der Waals surface area (Å²) in [7, 11) is 0. The largest absolute Gasteiger partial charge is 0.465 e. The maximum Gasteiger partial charge on any atom is 0.407 e. The second kappa shape index (κ2) is 8.07. The van der Waals surface area contributed by atoms with Crippen molar-refractivity contribution in [1.82, 2.24) is 24.9 Å². The van der Waals surface area contributed by atoms with E-state index in [1.54, 1.807) is 17.1 Å². The minimum absolute atomic E-state index is 0.246. The molecule has 144 valence electrons. The maximum atomic E-state index is 11.5. The summed E-state index contributed by atoms with van der Waals surface area (Å²) in [4.78, 5) is 16.9. The highest BCUT2D eigenvalue weighted by molar-refractivity contribution is 9.10. The fraction of sp³-hybridized carbons (Fsp3) is 0.263. The summed E-state index contributed by atoms with van der Waals surface area (Å²) in [6.45, 7) is 0.987. The van der Waals surface area contributed by atoms with E-state index in [2.05, 4.69) is 31.2 Å². The van der Waals surface area contributed by atoms with Crippen LogP contribution >= 0.6 is 15.9 Å². The van der Waals surface area contributed by atoms with Crippen molar-refractivity contribution in [3.63, 3.8) is 0 Å². The van der Waals surface area contributed by atoms with Crippen LogP contribution in [0, 0.1) is 0 Å². The molecule has 0 aliphatic carbocycles. The molecule has 2 atom stereocenters. The lowest BCUT2D eigenvalue weighted by atomic mass is 10.2. The number of hydrogen-bond acceptors (Lipinski definition) is 5. The van der Waals surface area contributed by atoms with Gasteiger partial charge in [-0.05, 0) is 29.8 Å². The van der Waals surface area contributed by atoms with Crippen molar-refractivity contribution in [3.8, 4) is 11.3 Å². The summed E-state index contributed by atoms with van der Waals surface area (Å²) in [6, 6.07) is 11.3. The third kappa shape index (κ3) is 4.05. The number of carboxylic acid groups (broad SMARTS) is 1. The van der Waals surface area contributed by atoms with Crippen molar-refractivity contribution >= 4 is 22.0 Å². The van der Waals surface area contributed by atoms with E-state index in [0.29, 0.717) is 25.4 Å². The van der Waals surface area contributed by atoms with E-state index in [1.807, 2.05) is 42.6 Å². The molecule has 1 aliphatic heterocycles. The molecule has 0 bridgehead atoms. The Hall–Kier alpha value is -2.78. The summed E-state index contributed by atoms with van der Waals surface area (Å²) in [5.74, 6) is 0. The quantitative estimate of drug-likeness (QED) is 0.650. The molecule has 1 aromatic carbocycles. The first kappa shape index (κ1) is 18.6. The zero-order chi connectivity index (χ0) is 19.5. The molecule has 3 heterocycles. The molecule has 8 nitrogen and oxygen atoms in total. The van der Waals surface area contributed by atoms with Crippen LogP contribution < -0.4 is 0 Å². The lowest BCUT2D eigenvalue weighted by Crippen LogP contribution is -2.28. The molecule has 1 aliphatic rings. The number of amides is 1. The van der Waals surface area contributed by atoms with Gasteiger partial charge in [0, 0.05) is 29.0 Å². The van der Waals surface area contributed by atoms with E-state index in [1.165, 1.54) is 4.90 Å². The second-order valence-corrected chi connectivity index (χ2v) is 7.47. The molecule has 2 aromatic heterocycles. The van der Waals surface area contributed by atoms with E-state index in [9.17, 15) is 9.90 Å². The molecule has 0 radical (unpaired) electrons. The molecule has 4 rings (SSSR count). The molecular weight excluding hydrogens is 426 g/mol. The average Bonchev–Trinajstić information content (AvgIpc) is 3.35. The highest BCUT2D eigenvalue weighted by atomic mass is 79.9. The Bertz CT molecular complexity index is 948. The van der Waals surface area contributed by atoms with Crippen molar-refractivity contribution in [3.05, 3.63) is 65.0 Å². The van der Waals surface area contributed by atoms with Crippen LogP contribution in [-0.4, -0.2) is 55.3 Å². The molecule has 0 spiro atoms. The van der Waals surface area contributed by atoms with Gasteiger partial charge in [-0.15, -0.1) is 5.10 Å². The van der Waals surface area contributed by atoms with Crippen LogP contribution in [0.15, 0.2) is 59.5 Å². The summed E-state index contributed by atoms with van der Waals surface area (Å²) in [6.07, 6.45) is 3.94. The van der Waals surface area contributed by atoms with Gasteiger partial charge in [0.2, 0.25) is 0 Å². The first-order valence-electron chi connectivity index (χ1n) is 8.76. The molecule has 0 saturated carbocycles. The van der Waals surface area contributed by atoms with Crippen LogP contribution in [0.5, 0.6) is 0 Å². The summed E-state index contributed by atoms with van der Waals surface area (Å²) < 4.78 is 8.76. The number of hydrogen-bond donors (Lipinski definition) is 1. The monoisotopic (exact) mass is 443 g/mol. The number of halogens is 1. The van der Waals surface area contributed by atoms with E-state index in [-0.39, 0.29) is 12.1 Å². The lowest BCUT2D eigenvalue weighted by molar-refractivity contribution is 0.0225. The smallest absolute Gasteiger partial charge is 0.407 e. The molecule has 1 amide bonds. The zero-order valence-electron chi connectivity index (χ0n) is 14.8. The first-order valence-corrected chi connectivity index (χ1v) is 9.55. The highest BCUT2D eigenvalue weighted by Gasteiger charge is 2.38. The van der Waals surface area contributed by atoms with Gasteiger partial charge >= 0.3 is 6.09 Å². The third-order valence-electron chi connectivity index (χ3n) is 4.69. The number of likely N-dealkylation sites (tertiary alicyclic amines) is 1. The molecular formula is C19H18BrN5O3. The van der Waals surface area contributed by atoms with Crippen LogP contribution in [0.3, 0.4) is 0 Å². The number of nitrogens with zero attached hydrogens (tertiary/aromatic N) is 5. The Morgan fingerprint density at radius 3 is 2.79 bits per heavy atom. The topological polar surface area (TPSA) is 93.4 Å². The number of pyridine rings is 1. The number of benzene rings is 1. The van der Waals surface area contributed by atoms with Crippen LogP contribution in [0.2, 0.25) is 0 Å². The number of aromatic nitrogens is 4. The Kier molecular flexibility index (Phi) is 5.36. The predicted molar refractivity (Wildman–Crippen MR) is 105 cm³/mol. The van der Waals surface area contributed by atoms with E-state index in [4.69, 9.17) is 4.74 Å². The fourth-order valence-electron chi connectivity index (χ4n) is 3.20. The van der Waals surface area contributed by atoms with Crippen LogP contribution in [-0.2, 0) is 11.3 Å². The van der Waals surface area contributed by atoms with Crippen molar-refractivity contribution < 1.29 is 14.6 Å². The van der Waals surface area contributed by atoms with Gasteiger partial charge in [-0.3, -0.25) is 4.98 Å². The Morgan fingerprint density at radius 1 is 1.25 bits per heavy atom. The fourth-order valence-corrected chi connectivity index (χ4v) is 3.46. The zero-order valence-corrected chi connectivity index (χ0v) is 16.4. The average molecular weight is 444 g/mol. The van der Waals surface area contributed by atoms with Crippen molar-refractivity contribution in [2.75, 3.05) is 13.1 Å². The molecule has 1 N–H and O–H groups in total. The summed E-state index contributed by atoms with van der Waals surface area (Å²) in [5.41, 5.74) is 2.56. The van der Waals surface area contributed by atoms with Crippen molar-refractivity contribution in [1.29, 1.82) is 0 Å². The molecule has 3 aromatic rings. The molecule has 28 heavy (non-hydrogen) atoms. The van der Waals surface area contributed by atoms with Gasteiger partial charge in [-0.25, -0.2) is 9.48 Å². The minimum Gasteiger partial charge on any atom is -0.465 e. The molecule has 1 saturated heterocycles. The Morgan fingerprint density at radius 2 is 2.07 bits per heavy atom. The molecule has 9 heteroatoms. The predicted octanol–water partition coefficient (Wildman–Crippen LogP) is 3.22. The van der Waals surface area contributed by atoms with Crippen LogP contribution in [0.1, 0.15) is 11.6 Å². The van der Waals surface area contributed by atoms with Gasteiger partial charge in [0.1, 0.15) is 5.69 Å². The van der Waals surface area contributed by atoms with Crippen LogP contribution in [0.4, 0.5) is 4.79 Å². The Labute approximate surface area is 169 Å². The third-order valence-corrected chi connectivity index (χ3v) is 5.22. The number of ether oxygens (including phenoxy) is 1. The Balaban J connectivity index is 1.52. The lowest BCUT2D eigenvalue weighted by Gasteiger charge is -2.18. The highest BCUT2D eigenvalue weighted by Crippen LogP contribution is 2.27. The van der Waals surface area contributed by atoms with E-state index >= 15 is 0 Å². The van der Waals surface area contributed by atoms with Gasteiger partial charge in [0.05, 0.1) is 31.5 Å². The van der Waals surface area contributed by atoms with Gasteiger partial charge in [0.15, 0.2) is 0 Å².